The molecule has 0 spiro atoms. The van der Waals surface area contributed by atoms with Gasteiger partial charge in [-0.05, 0) is 49.2 Å². The summed E-state index contributed by atoms with van der Waals surface area (Å²) in [5, 5.41) is -0.404. The van der Waals surface area contributed by atoms with Crippen molar-refractivity contribution in [2.24, 2.45) is 0 Å². The fourth-order valence-electron chi connectivity index (χ4n) is 2.13. The Morgan fingerprint density at radius 2 is 1.54 bits per heavy atom. The fraction of sp³-hybridized carbons (Fsp3) is 0.250. The fourth-order valence-corrected chi connectivity index (χ4v) is 3.67. The minimum Gasteiger partial charge on any atom is -0.209 e. The lowest BCUT2D eigenvalue weighted by Crippen LogP contribution is -2.30. The molecule has 0 unspecified atom stereocenters. The number of hydrogen-bond donors (Lipinski definition) is 1. The van der Waals surface area contributed by atoms with E-state index in [0.29, 0.717) is 11.1 Å². The number of sulfonamides is 1. The molecule has 0 aliphatic heterocycles. The Hall–Kier alpha value is -1.57. The highest BCUT2D eigenvalue weighted by molar-refractivity contribution is 7.89. The highest BCUT2D eigenvalue weighted by Crippen LogP contribution is 2.36. The first-order valence-corrected chi connectivity index (χ1v) is 8.86. The molecule has 0 heterocycles. The van der Waals surface area contributed by atoms with E-state index in [0.717, 1.165) is 6.07 Å². The molecule has 0 radical (unpaired) electrons. The summed E-state index contributed by atoms with van der Waals surface area (Å²) < 4.78 is 64.7. The zero-order chi connectivity index (χ0) is 18.1. The van der Waals surface area contributed by atoms with Crippen LogP contribution in [0.5, 0.6) is 0 Å². The molecule has 2 rings (SSSR count). The van der Waals surface area contributed by atoms with Crippen molar-refractivity contribution in [3.63, 3.8) is 0 Å². The molecule has 130 valence electrons. The van der Waals surface area contributed by atoms with Crippen molar-refractivity contribution in [3.8, 4) is 11.1 Å². The second-order valence-electron chi connectivity index (χ2n) is 5.49. The van der Waals surface area contributed by atoms with Gasteiger partial charge in [0.05, 0.1) is 15.5 Å². The van der Waals surface area contributed by atoms with Crippen LogP contribution in [0.4, 0.5) is 13.2 Å². The number of nitrogens with one attached hydrogen (secondary N) is 1. The number of hydrogen-bond acceptors (Lipinski definition) is 2. The SMILES string of the molecule is CC(C)NS(=O)(=O)c1ccc(-c2ccc(C(F)(F)F)c(Cl)c2)cc1. The van der Waals surface area contributed by atoms with Crippen LogP contribution in [-0.4, -0.2) is 14.5 Å². The Bertz CT molecular complexity index is 831. The summed E-state index contributed by atoms with van der Waals surface area (Å²) in [7, 11) is -3.62. The topological polar surface area (TPSA) is 46.2 Å². The largest absolute Gasteiger partial charge is 0.417 e. The van der Waals surface area contributed by atoms with E-state index in [1.54, 1.807) is 13.8 Å². The number of rotatable bonds is 4. The average molecular weight is 378 g/mol. The van der Waals surface area contributed by atoms with E-state index < -0.39 is 26.8 Å². The van der Waals surface area contributed by atoms with E-state index in [-0.39, 0.29) is 10.9 Å². The third-order valence-electron chi connectivity index (χ3n) is 3.16. The minimum atomic E-state index is -4.52. The smallest absolute Gasteiger partial charge is 0.209 e. The predicted molar refractivity (Wildman–Crippen MR) is 87.3 cm³/mol. The molecule has 0 saturated heterocycles. The summed E-state index contributed by atoms with van der Waals surface area (Å²) in [6, 6.07) is 9.00. The standard InChI is InChI=1S/C16H15ClF3NO2S/c1-10(2)21-24(22,23)13-6-3-11(4-7-13)12-5-8-14(15(17)9-12)16(18,19)20/h3-10,21H,1-2H3. The maximum Gasteiger partial charge on any atom is 0.417 e. The molecule has 2 aromatic rings. The van der Waals surface area contributed by atoms with E-state index in [1.807, 2.05) is 0 Å². The molecule has 0 aromatic heterocycles. The second-order valence-corrected chi connectivity index (χ2v) is 7.61. The Morgan fingerprint density at radius 3 is 2.00 bits per heavy atom. The van der Waals surface area contributed by atoms with Crippen LogP contribution in [0.25, 0.3) is 11.1 Å². The summed E-state index contributed by atoms with van der Waals surface area (Å²) in [6.45, 7) is 3.41. The third-order valence-corrected chi connectivity index (χ3v) is 5.15. The van der Waals surface area contributed by atoms with Gasteiger partial charge in [-0.25, -0.2) is 13.1 Å². The van der Waals surface area contributed by atoms with Crippen molar-refractivity contribution in [1.29, 1.82) is 0 Å². The third kappa shape index (κ3) is 4.28. The van der Waals surface area contributed by atoms with Gasteiger partial charge in [-0.15, -0.1) is 0 Å². The van der Waals surface area contributed by atoms with Crippen molar-refractivity contribution >= 4 is 21.6 Å². The van der Waals surface area contributed by atoms with Crippen molar-refractivity contribution < 1.29 is 21.6 Å². The van der Waals surface area contributed by atoms with Gasteiger partial charge in [0.25, 0.3) is 0 Å². The molecule has 0 bridgehead atoms. The normalized spacial score (nSPS) is 12.6. The van der Waals surface area contributed by atoms with Gasteiger partial charge in [0.1, 0.15) is 0 Å². The van der Waals surface area contributed by atoms with Gasteiger partial charge in [-0.3, -0.25) is 0 Å². The minimum absolute atomic E-state index is 0.0814. The molecule has 0 saturated carbocycles. The Morgan fingerprint density at radius 1 is 1.00 bits per heavy atom. The van der Waals surface area contributed by atoms with Crippen molar-refractivity contribution in [2.45, 2.75) is 31.0 Å². The lowest BCUT2D eigenvalue weighted by Gasteiger charge is -2.12. The highest BCUT2D eigenvalue weighted by Gasteiger charge is 2.33. The van der Waals surface area contributed by atoms with E-state index in [2.05, 4.69) is 4.72 Å². The van der Waals surface area contributed by atoms with Crippen LogP contribution >= 0.6 is 11.6 Å². The lowest BCUT2D eigenvalue weighted by atomic mass is 10.0. The zero-order valence-electron chi connectivity index (χ0n) is 12.9. The van der Waals surface area contributed by atoms with Gasteiger partial charge >= 0.3 is 6.18 Å². The molecule has 0 aliphatic rings. The second kappa shape index (κ2) is 6.74. The highest BCUT2D eigenvalue weighted by atomic mass is 35.5. The molecule has 0 aliphatic carbocycles. The lowest BCUT2D eigenvalue weighted by molar-refractivity contribution is -0.137. The Labute approximate surface area is 143 Å². The summed E-state index contributed by atoms with van der Waals surface area (Å²) in [4.78, 5) is 0.0814. The van der Waals surface area contributed by atoms with Crippen molar-refractivity contribution in [2.75, 3.05) is 0 Å². The van der Waals surface area contributed by atoms with Crippen LogP contribution in [0.2, 0.25) is 5.02 Å². The first kappa shape index (κ1) is 18.8. The maximum atomic E-state index is 12.7. The molecule has 1 N–H and O–H groups in total. The van der Waals surface area contributed by atoms with Gasteiger partial charge in [0.15, 0.2) is 0 Å². The van der Waals surface area contributed by atoms with E-state index in [9.17, 15) is 21.6 Å². The van der Waals surface area contributed by atoms with Crippen molar-refractivity contribution in [3.05, 3.63) is 53.1 Å². The van der Waals surface area contributed by atoms with Crippen LogP contribution in [0, 0.1) is 0 Å². The van der Waals surface area contributed by atoms with E-state index in [4.69, 9.17) is 11.6 Å². The van der Waals surface area contributed by atoms with E-state index in [1.165, 1.54) is 36.4 Å². The van der Waals surface area contributed by atoms with Gasteiger partial charge < -0.3 is 0 Å². The van der Waals surface area contributed by atoms with Crippen LogP contribution < -0.4 is 4.72 Å². The van der Waals surface area contributed by atoms with Crippen LogP contribution in [-0.2, 0) is 16.2 Å². The maximum absolute atomic E-state index is 12.7. The first-order chi connectivity index (χ1) is 11.0. The summed E-state index contributed by atoms with van der Waals surface area (Å²) in [6.07, 6.45) is -4.52. The van der Waals surface area contributed by atoms with E-state index >= 15 is 0 Å². The molecule has 0 amide bonds. The summed E-state index contributed by atoms with van der Waals surface area (Å²) >= 11 is 5.70. The molecule has 8 heteroatoms. The number of alkyl halides is 3. The summed E-state index contributed by atoms with van der Waals surface area (Å²) in [5.74, 6) is 0. The van der Waals surface area contributed by atoms with Gasteiger partial charge in [-0.2, -0.15) is 13.2 Å². The molecule has 0 fully saturated rings. The molecule has 24 heavy (non-hydrogen) atoms. The molecule has 0 atom stereocenters. The molecular formula is C16H15ClF3NO2S. The number of halogens is 4. The molecule has 2 aromatic carbocycles. The predicted octanol–water partition coefficient (Wildman–Crippen LogP) is 4.71. The van der Waals surface area contributed by atoms with Crippen LogP contribution in [0.3, 0.4) is 0 Å². The first-order valence-electron chi connectivity index (χ1n) is 7.00. The monoisotopic (exact) mass is 377 g/mol. The number of benzene rings is 2. The Balaban J connectivity index is 2.34. The van der Waals surface area contributed by atoms with Crippen molar-refractivity contribution in [1.82, 2.24) is 4.72 Å². The summed E-state index contributed by atoms with van der Waals surface area (Å²) in [5.41, 5.74) is 0.121. The van der Waals surface area contributed by atoms with Gasteiger partial charge in [0.2, 0.25) is 10.0 Å². The van der Waals surface area contributed by atoms with Crippen LogP contribution in [0.1, 0.15) is 19.4 Å². The van der Waals surface area contributed by atoms with Gasteiger partial charge in [-0.1, -0.05) is 29.8 Å². The van der Waals surface area contributed by atoms with Gasteiger partial charge in [0, 0.05) is 6.04 Å². The zero-order valence-corrected chi connectivity index (χ0v) is 14.4. The molecular weight excluding hydrogens is 363 g/mol. The quantitative estimate of drug-likeness (QED) is 0.838. The molecule has 3 nitrogen and oxygen atoms in total. The average Bonchev–Trinajstić information content (AvgIpc) is 2.44. The van der Waals surface area contributed by atoms with Crippen LogP contribution in [0.15, 0.2) is 47.4 Å². The Kier molecular flexibility index (Phi) is 5.27.